The number of ether oxygens (including phenoxy) is 1. The summed E-state index contributed by atoms with van der Waals surface area (Å²) in [6.45, 7) is 7.02. The van der Waals surface area contributed by atoms with E-state index in [9.17, 15) is 24.3 Å². The van der Waals surface area contributed by atoms with Crippen LogP contribution in [0.25, 0.3) is 16.9 Å². The molecule has 43 heavy (non-hydrogen) atoms. The lowest BCUT2D eigenvalue weighted by Gasteiger charge is -2.34. The third kappa shape index (κ3) is 5.98. The molecule has 4 aromatic rings. The summed E-state index contributed by atoms with van der Waals surface area (Å²) in [5, 5.41) is 29.3. The lowest BCUT2D eigenvalue weighted by Crippen LogP contribution is -2.42. The summed E-state index contributed by atoms with van der Waals surface area (Å²) in [5.74, 6) is -0.574. The lowest BCUT2D eigenvalue weighted by atomic mass is 9.92. The number of anilines is 2. The van der Waals surface area contributed by atoms with Gasteiger partial charge in [0.1, 0.15) is 18.8 Å². The van der Waals surface area contributed by atoms with Crippen molar-refractivity contribution in [1.29, 1.82) is 5.26 Å². The van der Waals surface area contributed by atoms with Gasteiger partial charge in [-0.2, -0.15) is 10.4 Å². The van der Waals surface area contributed by atoms with Crippen molar-refractivity contribution in [2.24, 2.45) is 0 Å². The van der Waals surface area contributed by atoms with Gasteiger partial charge in [-0.25, -0.2) is 13.7 Å². The van der Waals surface area contributed by atoms with Gasteiger partial charge in [-0.1, -0.05) is 12.1 Å². The number of nitrogens with zero attached hydrogens (tertiary/aromatic N) is 5. The minimum absolute atomic E-state index is 0.163. The highest BCUT2D eigenvalue weighted by atomic mass is 19.1. The van der Waals surface area contributed by atoms with E-state index in [0.29, 0.717) is 47.0 Å². The number of pyridine rings is 1. The third-order valence-electron chi connectivity index (χ3n) is 7.55. The zero-order chi connectivity index (χ0) is 30.9. The summed E-state index contributed by atoms with van der Waals surface area (Å²) in [6.07, 6.45) is 0.811. The maximum Gasteiger partial charge on any atom is 0.410 e. The van der Waals surface area contributed by atoms with Gasteiger partial charge in [0.25, 0.3) is 5.91 Å². The van der Waals surface area contributed by atoms with Crippen LogP contribution in [0, 0.1) is 11.3 Å². The second kappa shape index (κ2) is 11.3. The monoisotopic (exact) mass is 585 g/mol. The molecular weight excluding hydrogens is 553 g/mol. The Balaban J connectivity index is 1.47. The first-order valence-corrected chi connectivity index (χ1v) is 13.7. The number of carbonyl (C=O) groups is 2. The normalized spacial score (nSPS) is 14.3. The van der Waals surface area contributed by atoms with E-state index in [1.807, 2.05) is 50.2 Å². The molecule has 1 aliphatic heterocycles. The maximum atomic E-state index is 14.4. The summed E-state index contributed by atoms with van der Waals surface area (Å²) in [7, 11) is 0. The Morgan fingerprint density at radius 1 is 1.16 bits per heavy atom. The fourth-order valence-electron chi connectivity index (χ4n) is 4.84. The second-order valence-electron chi connectivity index (χ2n) is 11.4. The summed E-state index contributed by atoms with van der Waals surface area (Å²) in [4.78, 5) is 31.5. The van der Waals surface area contributed by atoms with Crippen LogP contribution in [0.1, 0.15) is 49.2 Å². The Kier molecular flexibility index (Phi) is 7.77. The van der Waals surface area contributed by atoms with Crippen molar-refractivity contribution in [3.05, 3.63) is 77.6 Å². The molecule has 3 aromatic heterocycles. The van der Waals surface area contributed by atoms with Gasteiger partial charge in [0.15, 0.2) is 0 Å². The SMILES string of the molecule is CC(C)(O)C(F)CNC(=O)c1cnc(-c2ccc3cc(C#N)cnn23)cc1Nc1ccc(C(C)(C)N2CCOC2=O)cc1. The zero-order valence-corrected chi connectivity index (χ0v) is 24.3. The van der Waals surface area contributed by atoms with Crippen LogP contribution in [0.5, 0.6) is 0 Å². The first-order valence-electron chi connectivity index (χ1n) is 13.7. The minimum Gasteiger partial charge on any atom is -0.448 e. The number of halogens is 1. The Labute approximate surface area is 247 Å². The molecule has 1 fully saturated rings. The summed E-state index contributed by atoms with van der Waals surface area (Å²) < 4.78 is 21.2. The smallest absolute Gasteiger partial charge is 0.410 e. The Hall–Kier alpha value is -5.02. The number of benzene rings is 1. The van der Waals surface area contributed by atoms with Crippen molar-refractivity contribution in [1.82, 2.24) is 24.8 Å². The Bertz CT molecular complexity index is 1720. The topological polar surface area (TPSA) is 145 Å². The summed E-state index contributed by atoms with van der Waals surface area (Å²) >= 11 is 0. The van der Waals surface area contributed by atoms with E-state index in [4.69, 9.17) is 4.74 Å². The molecule has 1 unspecified atom stereocenters. The largest absolute Gasteiger partial charge is 0.448 e. The van der Waals surface area contributed by atoms with Crippen molar-refractivity contribution < 1.29 is 23.8 Å². The number of aromatic nitrogens is 3. The number of rotatable bonds is 9. The number of hydrogen-bond donors (Lipinski definition) is 3. The van der Waals surface area contributed by atoms with Gasteiger partial charge in [0.2, 0.25) is 0 Å². The van der Waals surface area contributed by atoms with Gasteiger partial charge in [-0.15, -0.1) is 0 Å². The van der Waals surface area contributed by atoms with Crippen molar-refractivity contribution in [2.45, 2.75) is 45.0 Å². The molecule has 0 saturated carbocycles. The van der Waals surface area contributed by atoms with Crippen molar-refractivity contribution >= 4 is 28.9 Å². The molecule has 2 amide bonds. The van der Waals surface area contributed by atoms with Crippen LogP contribution in [0.3, 0.4) is 0 Å². The summed E-state index contributed by atoms with van der Waals surface area (Å²) in [6, 6.07) is 16.6. The number of hydrogen-bond acceptors (Lipinski definition) is 8. The summed E-state index contributed by atoms with van der Waals surface area (Å²) in [5.41, 5.74) is 2.16. The predicted octanol–water partition coefficient (Wildman–Crippen LogP) is 4.54. The number of nitrogens with one attached hydrogen (secondary N) is 2. The first kappa shape index (κ1) is 29.5. The molecule has 0 aliphatic carbocycles. The van der Waals surface area contributed by atoms with Gasteiger partial charge >= 0.3 is 6.09 Å². The van der Waals surface area contributed by atoms with Crippen LogP contribution in [0.2, 0.25) is 0 Å². The zero-order valence-electron chi connectivity index (χ0n) is 24.3. The Morgan fingerprint density at radius 3 is 2.56 bits per heavy atom. The minimum atomic E-state index is -1.68. The average molecular weight is 586 g/mol. The fraction of sp³-hybridized carbons (Fsp3) is 0.323. The Morgan fingerprint density at radius 2 is 1.91 bits per heavy atom. The highest BCUT2D eigenvalue weighted by Crippen LogP contribution is 2.33. The van der Waals surface area contributed by atoms with Crippen LogP contribution >= 0.6 is 0 Å². The van der Waals surface area contributed by atoms with Crippen molar-refractivity contribution in [3.8, 4) is 17.5 Å². The molecule has 0 bridgehead atoms. The quantitative estimate of drug-likeness (QED) is 0.260. The molecule has 0 radical (unpaired) electrons. The van der Waals surface area contributed by atoms with Crippen LogP contribution in [0.15, 0.2) is 60.9 Å². The van der Waals surface area contributed by atoms with Gasteiger partial charge in [0.05, 0.1) is 64.1 Å². The molecule has 12 heteroatoms. The van der Waals surface area contributed by atoms with Crippen LogP contribution in [-0.2, 0) is 10.3 Å². The third-order valence-corrected chi connectivity index (χ3v) is 7.55. The molecule has 1 saturated heterocycles. The van der Waals surface area contributed by atoms with Crippen LogP contribution in [-0.4, -0.2) is 68.1 Å². The van der Waals surface area contributed by atoms with E-state index in [-0.39, 0.29) is 18.2 Å². The van der Waals surface area contributed by atoms with E-state index in [1.165, 1.54) is 26.2 Å². The number of fused-ring (bicyclic) bond motifs is 1. The maximum absolute atomic E-state index is 14.4. The average Bonchev–Trinajstić information content (AvgIpc) is 3.61. The molecule has 3 N–H and O–H groups in total. The predicted molar refractivity (Wildman–Crippen MR) is 157 cm³/mol. The highest BCUT2D eigenvalue weighted by molar-refractivity contribution is 6.00. The number of carbonyl (C=O) groups excluding carboxylic acids is 2. The van der Waals surface area contributed by atoms with Gasteiger partial charge < -0.3 is 20.5 Å². The van der Waals surface area contributed by atoms with E-state index in [1.54, 1.807) is 21.5 Å². The van der Waals surface area contributed by atoms with Gasteiger partial charge in [0, 0.05) is 11.9 Å². The number of nitriles is 1. The first-order chi connectivity index (χ1) is 20.4. The fourth-order valence-corrected chi connectivity index (χ4v) is 4.84. The van der Waals surface area contributed by atoms with Crippen molar-refractivity contribution in [3.63, 3.8) is 0 Å². The van der Waals surface area contributed by atoms with Crippen LogP contribution in [0.4, 0.5) is 20.6 Å². The molecule has 222 valence electrons. The second-order valence-corrected chi connectivity index (χ2v) is 11.4. The molecule has 1 aromatic carbocycles. The van der Waals surface area contributed by atoms with Gasteiger partial charge in [-0.05, 0) is 69.7 Å². The van der Waals surface area contributed by atoms with Crippen molar-refractivity contribution in [2.75, 3.05) is 25.0 Å². The van der Waals surface area contributed by atoms with E-state index in [2.05, 4.69) is 26.8 Å². The van der Waals surface area contributed by atoms with Gasteiger partial charge in [-0.3, -0.25) is 14.7 Å². The van der Waals surface area contributed by atoms with E-state index >= 15 is 0 Å². The number of alkyl halides is 1. The molecular formula is C31H32FN7O4. The molecule has 4 heterocycles. The standard InChI is InChI=1S/C31H32FN7O4/c1-30(2,38-11-12-43-29(38)41)20-5-7-21(8-6-20)37-24-14-25(26-10-9-22-13-19(15-33)16-36-39(22)26)34-17-23(24)28(40)35-18-27(32)31(3,4)42/h5-10,13-14,16-17,27,42H,11-12,18H2,1-4H3,(H,34,37)(H,35,40). The molecule has 1 aliphatic rings. The van der Waals surface area contributed by atoms with E-state index in [0.717, 1.165) is 5.56 Å². The number of amides is 2. The molecule has 11 nitrogen and oxygen atoms in total. The molecule has 5 rings (SSSR count). The lowest BCUT2D eigenvalue weighted by molar-refractivity contribution is -0.00177. The number of aliphatic hydroxyl groups is 1. The number of cyclic esters (lactones) is 1. The molecule has 0 spiro atoms. The molecule has 1 atom stereocenters. The van der Waals surface area contributed by atoms with Crippen LogP contribution < -0.4 is 10.6 Å². The highest BCUT2D eigenvalue weighted by Gasteiger charge is 2.37. The van der Waals surface area contributed by atoms with E-state index < -0.39 is 23.2 Å².